The summed E-state index contributed by atoms with van der Waals surface area (Å²) in [5.74, 6) is 1.03. The zero-order chi connectivity index (χ0) is 23.0. The Bertz CT molecular complexity index is 1040. The Kier molecular flexibility index (Phi) is 7.96. The van der Waals surface area contributed by atoms with E-state index in [9.17, 15) is 4.79 Å². The van der Waals surface area contributed by atoms with Crippen molar-refractivity contribution in [2.24, 2.45) is 0 Å². The highest BCUT2D eigenvalue weighted by molar-refractivity contribution is 5.94. The van der Waals surface area contributed by atoms with E-state index in [-0.39, 0.29) is 5.91 Å². The number of benzene rings is 1. The maximum absolute atomic E-state index is 12.8. The normalized spacial score (nSPS) is 14.5. The highest BCUT2D eigenvalue weighted by Crippen LogP contribution is 2.23. The van der Waals surface area contributed by atoms with Gasteiger partial charge in [0.05, 0.1) is 24.5 Å². The van der Waals surface area contributed by atoms with Gasteiger partial charge in [0.25, 0.3) is 5.91 Å². The van der Waals surface area contributed by atoms with Crippen LogP contribution in [-0.2, 0) is 17.6 Å². The second-order valence-electron chi connectivity index (χ2n) is 8.60. The average Bonchev–Trinajstić information content (AvgIpc) is 3.23. The third kappa shape index (κ3) is 5.92. The van der Waals surface area contributed by atoms with Gasteiger partial charge < -0.3 is 15.0 Å². The molecule has 0 saturated carbocycles. The van der Waals surface area contributed by atoms with E-state index in [1.165, 1.54) is 5.56 Å². The minimum absolute atomic E-state index is 0.0467. The lowest BCUT2D eigenvalue weighted by Gasteiger charge is -2.26. The maximum Gasteiger partial charge on any atom is 0.252 e. The van der Waals surface area contributed by atoms with E-state index >= 15 is 0 Å². The third-order valence-electron chi connectivity index (χ3n) is 6.24. The van der Waals surface area contributed by atoms with Gasteiger partial charge in [0.2, 0.25) is 0 Å². The summed E-state index contributed by atoms with van der Waals surface area (Å²) in [5, 5.41) is 3.06. The van der Waals surface area contributed by atoms with Gasteiger partial charge in [0.15, 0.2) is 0 Å². The number of hydrogen-bond acceptors (Lipinski definition) is 5. The monoisotopic (exact) mass is 449 g/mol. The van der Waals surface area contributed by atoms with Crippen LogP contribution >= 0.6 is 0 Å². The van der Waals surface area contributed by atoms with E-state index in [2.05, 4.69) is 63.8 Å². The number of carbonyl (C=O) groups excluding carboxylic acids is 1. The van der Waals surface area contributed by atoms with Gasteiger partial charge in [-0.2, -0.15) is 0 Å². The Morgan fingerprint density at radius 1 is 1.15 bits per heavy atom. The molecule has 4 rings (SSSR count). The van der Waals surface area contributed by atoms with Gasteiger partial charge in [-0.15, -0.1) is 0 Å². The molecular formula is C26H35N5O2. The zero-order valence-electron chi connectivity index (χ0n) is 19.8. The molecule has 0 bridgehead atoms. The van der Waals surface area contributed by atoms with Crippen LogP contribution in [0.3, 0.4) is 0 Å². The fourth-order valence-electron chi connectivity index (χ4n) is 4.38. The zero-order valence-corrected chi connectivity index (χ0v) is 19.8. The first-order chi connectivity index (χ1) is 16.2. The van der Waals surface area contributed by atoms with Crippen LogP contribution in [0.25, 0.3) is 5.65 Å². The Morgan fingerprint density at radius 3 is 2.70 bits per heavy atom. The number of aromatic nitrogens is 2. The quantitative estimate of drug-likeness (QED) is 0.516. The number of carbonyl (C=O) groups is 1. The molecule has 0 atom stereocenters. The van der Waals surface area contributed by atoms with Gasteiger partial charge >= 0.3 is 0 Å². The van der Waals surface area contributed by atoms with Crippen LogP contribution in [0.4, 0.5) is 5.82 Å². The van der Waals surface area contributed by atoms with Gasteiger partial charge in [-0.3, -0.25) is 14.1 Å². The van der Waals surface area contributed by atoms with E-state index < -0.39 is 0 Å². The molecule has 1 saturated heterocycles. The van der Waals surface area contributed by atoms with E-state index in [1.54, 1.807) is 0 Å². The van der Waals surface area contributed by atoms with Gasteiger partial charge in [0.1, 0.15) is 11.5 Å². The standard InChI is InChI=1S/C26H35N5O2/c1-3-23-26(29(2)14-7-10-21-8-5-4-6-9-21)31-20-22(11-12-24(31)28-23)25(32)27-13-15-30-16-18-33-19-17-30/h4-6,8-9,11-12,20H,3,7,10,13-19H2,1-2H3,(H,27,32). The molecule has 1 amide bonds. The fraction of sp³-hybridized carbons (Fsp3) is 0.462. The Morgan fingerprint density at radius 2 is 1.94 bits per heavy atom. The maximum atomic E-state index is 12.8. The molecule has 0 unspecified atom stereocenters. The van der Waals surface area contributed by atoms with Crippen LogP contribution in [0.2, 0.25) is 0 Å². The number of fused-ring (bicyclic) bond motifs is 1. The number of aryl methyl sites for hydroxylation is 2. The molecule has 7 nitrogen and oxygen atoms in total. The first kappa shape index (κ1) is 23.3. The second-order valence-corrected chi connectivity index (χ2v) is 8.60. The smallest absolute Gasteiger partial charge is 0.252 e. The summed E-state index contributed by atoms with van der Waals surface area (Å²) in [6, 6.07) is 14.4. The molecule has 1 fully saturated rings. The summed E-state index contributed by atoms with van der Waals surface area (Å²) in [7, 11) is 2.11. The summed E-state index contributed by atoms with van der Waals surface area (Å²) < 4.78 is 7.45. The number of amides is 1. The van der Waals surface area contributed by atoms with E-state index in [4.69, 9.17) is 9.72 Å². The minimum atomic E-state index is -0.0467. The Hall–Kier alpha value is -2.90. The predicted molar refractivity (Wildman–Crippen MR) is 132 cm³/mol. The van der Waals surface area contributed by atoms with Crippen LogP contribution in [-0.4, -0.2) is 73.2 Å². The van der Waals surface area contributed by atoms with E-state index in [1.807, 2.05) is 18.3 Å². The van der Waals surface area contributed by atoms with Crippen molar-refractivity contribution < 1.29 is 9.53 Å². The summed E-state index contributed by atoms with van der Waals surface area (Å²) in [5.41, 5.74) is 3.95. The number of hydrogen-bond donors (Lipinski definition) is 1. The van der Waals surface area contributed by atoms with Crippen molar-refractivity contribution in [3.63, 3.8) is 0 Å². The summed E-state index contributed by atoms with van der Waals surface area (Å²) in [6.07, 6.45) is 4.87. The van der Waals surface area contributed by atoms with Gasteiger partial charge in [-0.25, -0.2) is 4.98 Å². The van der Waals surface area contributed by atoms with Crippen LogP contribution in [0, 0.1) is 0 Å². The van der Waals surface area contributed by atoms with Gasteiger partial charge in [-0.1, -0.05) is 37.3 Å². The highest BCUT2D eigenvalue weighted by atomic mass is 16.5. The van der Waals surface area contributed by atoms with Crippen molar-refractivity contribution in [2.45, 2.75) is 26.2 Å². The van der Waals surface area contributed by atoms with Crippen LogP contribution < -0.4 is 10.2 Å². The lowest BCUT2D eigenvalue weighted by molar-refractivity contribution is 0.0383. The molecule has 1 N–H and O–H groups in total. The van der Waals surface area contributed by atoms with Crippen molar-refractivity contribution in [1.29, 1.82) is 0 Å². The van der Waals surface area contributed by atoms with Crippen LogP contribution in [0.1, 0.15) is 35.0 Å². The molecule has 2 aromatic heterocycles. The first-order valence-electron chi connectivity index (χ1n) is 12.0. The van der Waals surface area contributed by atoms with Crippen molar-refractivity contribution >= 4 is 17.4 Å². The Balaban J connectivity index is 1.42. The number of pyridine rings is 1. The molecule has 33 heavy (non-hydrogen) atoms. The van der Waals surface area contributed by atoms with Crippen molar-refractivity contribution in [2.75, 3.05) is 57.9 Å². The number of rotatable bonds is 10. The molecule has 0 aliphatic carbocycles. The number of anilines is 1. The van der Waals surface area contributed by atoms with E-state index in [0.29, 0.717) is 12.1 Å². The summed E-state index contributed by atoms with van der Waals surface area (Å²) in [6.45, 7) is 7.92. The van der Waals surface area contributed by atoms with Gasteiger partial charge in [0, 0.05) is 46.0 Å². The largest absolute Gasteiger partial charge is 0.379 e. The van der Waals surface area contributed by atoms with Crippen LogP contribution in [0.5, 0.6) is 0 Å². The topological polar surface area (TPSA) is 62.1 Å². The molecule has 3 aromatic rings. The van der Waals surface area contributed by atoms with Gasteiger partial charge in [-0.05, 0) is 37.0 Å². The van der Waals surface area contributed by atoms with Crippen molar-refractivity contribution in [3.8, 4) is 0 Å². The molecule has 3 heterocycles. The highest BCUT2D eigenvalue weighted by Gasteiger charge is 2.17. The molecule has 7 heteroatoms. The average molecular weight is 450 g/mol. The lowest BCUT2D eigenvalue weighted by atomic mass is 10.1. The number of ether oxygens (including phenoxy) is 1. The molecule has 1 aliphatic heterocycles. The molecule has 0 spiro atoms. The first-order valence-corrected chi connectivity index (χ1v) is 12.0. The molecule has 1 aliphatic rings. The molecule has 1 aromatic carbocycles. The fourth-order valence-corrected chi connectivity index (χ4v) is 4.38. The predicted octanol–water partition coefficient (Wildman–Crippen LogP) is 3.03. The van der Waals surface area contributed by atoms with E-state index in [0.717, 1.165) is 75.8 Å². The Labute approximate surface area is 196 Å². The number of nitrogens with zero attached hydrogens (tertiary/aromatic N) is 4. The van der Waals surface area contributed by atoms with Crippen molar-refractivity contribution in [3.05, 3.63) is 65.5 Å². The molecular weight excluding hydrogens is 414 g/mol. The number of imidazole rings is 1. The third-order valence-corrected chi connectivity index (χ3v) is 6.24. The SMILES string of the molecule is CCc1nc2ccc(C(=O)NCCN3CCOCC3)cn2c1N(C)CCCc1ccccc1. The van der Waals surface area contributed by atoms with Crippen LogP contribution in [0.15, 0.2) is 48.7 Å². The second kappa shape index (κ2) is 11.3. The lowest BCUT2D eigenvalue weighted by Crippen LogP contribution is -2.41. The molecule has 176 valence electrons. The minimum Gasteiger partial charge on any atom is -0.379 e. The summed E-state index contributed by atoms with van der Waals surface area (Å²) >= 11 is 0. The number of morpholine rings is 1. The molecule has 0 radical (unpaired) electrons. The summed E-state index contributed by atoms with van der Waals surface area (Å²) in [4.78, 5) is 22.2. The number of nitrogens with one attached hydrogen (secondary N) is 1. The van der Waals surface area contributed by atoms with Crippen molar-refractivity contribution in [1.82, 2.24) is 19.6 Å².